The van der Waals surface area contributed by atoms with E-state index in [1.54, 1.807) is 13.1 Å². The molecule has 0 spiro atoms. The third kappa shape index (κ3) is 3.07. The van der Waals surface area contributed by atoms with Crippen molar-refractivity contribution in [3.8, 4) is 6.07 Å². The number of esters is 1. The van der Waals surface area contributed by atoms with Gasteiger partial charge in [0, 0.05) is 30.1 Å². The number of nitriles is 1. The van der Waals surface area contributed by atoms with E-state index >= 15 is 0 Å². The summed E-state index contributed by atoms with van der Waals surface area (Å²) in [4.78, 5) is 29.2. The second-order valence-electron chi connectivity index (χ2n) is 5.34. The fraction of sp³-hybridized carbons (Fsp3) is 0.333. The monoisotopic (exact) mass is 310 g/mol. The normalized spacial score (nSPS) is 13.1. The minimum Gasteiger partial charge on any atom is -0.468 e. The van der Waals surface area contributed by atoms with Gasteiger partial charge < -0.3 is 4.74 Å². The van der Waals surface area contributed by atoms with Gasteiger partial charge in [0.2, 0.25) is 0 Å². The number of benzene rings is 1. The van der Waals surface area contributed by atoms with Crippen molar-refractivity contribution >= 4 is 22.5 Å². The number of aromatic nitrogens is 1. The van der Waals surface area contributed by atoms with Crippen LogP contribution in [0.2, 0.25) is 0 Å². The van der Waals surface area contributed by atoms with Crippen LogP contribution >= 0.6 is 0 Å². The van der Waals surface area contributed by atoms with Gasteiger partial charge in [0.05, 0.1) is 19.6 Å². The Morgan fingerprint density at radius 2 is 2.04 bits per heavy atom. The SMILES string of the molecule is CCC(=O)C(CC#N)(Cc1nccc2ccccc12)C(=O)OC. The molecule has 0 aliphatic rings. The van der Waals surface area contributed by atoms with E-state index in [0.29, 0.717) is 5.69 Å². The molecule has 0 radical (unpaired) electrons. The summed E-state index contributed by atoms with van der Waals surface area (Å²) in [5.74, 6) is -0.985. The van der Waals surface area contributed by atoms with E-state index < -0.39 is 11.4 Å². The lowest BCUT2D eigenvalue weighted by Gasteiger charge is -2.27. The van der Waals surface area contributed by atoms with Crippen LogP contribution < -0.4 is 0 Å². The van der Waals surface area contributed by atoms with Gasteiger partial charge in [-0.05, 0) is 11.5 Å². The Hall–Kier alpha value is -2.74. The van der Waals surface area contributed by atoms with Crippen LogP contribution in [0, 0.1) is 16.7 Å². The second-order valence-corrected chi connectivity index (χ2v) is 5.34. The van der Waals surface area contributed by atoms with Gasteiger partial charge in [0.25, 0.3) is 0 Å². The van der Waals surface area contributed by atoms with Crippen LogP contribution in [-0.2, 0) is 20.7 Å². The zero-order chi connectivity index (χ0) is 16.9. The largest absolute Gasteiger partial charge is 0.468 e. The highest BCUT2D eigenvalue weighted by molar-refractivity contribution is 6.04. The molecule has 0 bridgehead atoms. The predicted molar refractivity (Wildman–Crippen MR) is 85.4 cm³/mol. The van der Waals surface area contributed by atoms with Crippen LogP contribution in [0.5, 0.6) is 0 Å². The molecule has 0 fully saturated rings. The first kappa shape index (κ1) is 16.6. The zero-order valence-corrected chi connectivity index (χ0v) is 13.2. The third-order valence-electron chi connectivity index (χ3n) is 4.04. The van der Waals surface area contributed by atoms with E-state index in [-0.39, 0.29) is 25.0 Å². The van der Waals surface area contributed by atoms with Crippen LogP contribution in [0.3, 0.4) is 0 Å². The van der Waals surface area contributed by atoms with Crippen LogP contribution in [0.1, 0.15) is 25.5 Å². The van der Waals surface area contributed by atoms with Crippen LogP contribution in [0.4, 0.5) is 0 Å². The minimum atomic E-state index is -1.50. The number of hydrogen-bond donors (Lipinski definition) is 0. The molecule has 0 saturated carbocycles. The molecule has 5 nitrogen and oxygen atoms in total. The number of methoxy groups -OCH3 is 1. The maximum atomic E-state index is 12.5. The number of rotatable bonds is 6. The van der Waals surface area contributed by atoms with Gasteiger partial charge in [-0.15, -0.1) is 0 Å². The number of carbonyl (C=O) groups is 2. The summed E-state index contributed by atoms with van der Waals surface area (Å²) in [6.07, 6.45) is 1.63. The maximum absolute atomic E-state index is 12.5. The average molecular weight is 310 g/mol. The number of nitrogens with zero attached hydrogens (tertiary/aromatic N) is 2. The molecule has 5 heteroatoms. The molecule has 0 aliphatic carbocycles. The predicted octanol–water partition coefficient (Wildman–Crippen LogP) is 2.83. The number of ketones is 1. The number of ether oxygens (including phenoxy) is 1. The van der Waals surface area contributed by atoms with Crippen molar-refractivity contribution in [3.05, 3.63) is 42.2 Å². The molecule has 1 heterocycles. The molecule has 0 amide bonds. The van der Waals surface area contributed by atoms with Crippen LogP contribution in [0.15, 0.2) is 36.5 Å². The molecule has 1 aromatic heterocycles. The highest BCUT2D eigenvalue weighted by Gasteiger charge is 2.46. The Morgan fingerprint density at radius 3 is 2.70 bits per heavy atom. The van der Waals surface area contributed by atoms with Crippen molar-refractivity contribution in [2.24, 2.45) is 5.41 Å². The van der Waals surface area contributed by atoms with Crippen molar-refractivity contribution in [2.45, 2.75) is 26.2 Å². The van der Waals surface area contributed by atoms with Crippen molar-refractivity contribution in [1.82, 2.24) is 4.98 Å². The van der Waals surface area contributed by atoms with E-state index in [9.17, 15) is 9.59 Å². The quantitative estimate of drug-likeness (QED) is 0.605. The molecular formula is C18H18N2O3. The molecule has 23 heavy (non-hydrogen) atoms. The van der Waals surface area contributed by atoms with E-state index in [4.69, 9.17) is 10.00 Å². The molecule has 118 valence electrons. The lowest BCUT2D eigenvalue weighted by Crippen LogP contribution is -2.42. The van der Waals surface area contributed by atoms with E-state index in [1.165, 1.54) is 7.11 Å². The lowest BCUT2D eigenvalue weighted by molar-refractivity contribution is -0.157. The van der Waals surface area contributed by atoms with Crippen molar-refractivity contribution in [3.63, 3.8) is 0 Å². The Labute approximate surface area is 134 Å². The van der Waals surface area contributed by atoms with Gasteiger partial charge in [0.15, 0.2) is 5.78 Å². The Balaban J connectivity index is 2.58. The molecule has 0 aliphatic heterocycles. The summed E-state index contributed by atoms with van der Waals surface area (Å²) in [6.45, 7) is 1.67. The van der Waals surface area contributed by atoms with Gasteiger partial charge in [-0.3, -0.25) is 14.6 Å². The minimum absolute atomic E-state index is 0.0568. The van der Waals surface area contributed by atoms with Gasteiger partial charge >= 0.3 is 5.97 Å². The summed E-state index contributed by atoms with van der Waals surface area (Å²) in [5, 5.41) is 11.0. The van der Waals surface area contributed by atoms with E-state index in [1.807, 2.05) is 36.4 Å². The first-order chi connectivity index (χ1) is 11.1. The topological polar surface area (TPSA) is 80.0 Å². The van der Waals surface area contributed by atoms with E-state index in [0.717, 1.165) is 10.8 Å². The van der Waals surface area contributed by atoms with Gasteiger partial charge in [0.1, 0.15) is 5.41 Å². The molecule has 1 aromatic carbocycles. The maximum Gasteiger partial charge on any atom is 0.320 e. The summed E-state index contributed by atoms with van der Waals surface area (Å²) < 4.78 is 4.84. The number of carbonyl (C=O) groups excluding carboxylic acids is 2. The molecule has 0 saturated heterocycles. The molecule has 0 N–H and O–H groups in total. The fourth-order valence-electron chi connectivity index (χ4n) is 2.80. The molecular weight excluding hydrogens is 292 g/mol. The van der Waals surface area contributed by atoms with Gasteiger partial charge in [-0.1, -0.05) is 31.2 Å². The molecule has 2 rings (SSSR count). The van der Waals surface area contributed by atoms with Crippen molar-refractivity contribution < 1.29 is 14.3 Å². The summed E-state index contributed by atoms with van der Waals surface area (Å²) >= 11 is 0. The average Bonchev–Trinajstić information content (AvgIpc) is 2.60. The Morgan fingerprint density at radius 1 is 1.30 bits per heavy atom. The highest BCUT2D eigenvalue weighted by atomic mass is 16.5. The van der Waals surface area contributed by atoms with Gasteiger partial charge in [-0.25, -0.2) is 0 Å². The molecule has 1 atom stereocenters. The number of Topliss-reactive ketones (excluding diaryl/α,β-unsaturated/α-hetero) is 1. The summed E-state index contributed by atoms with van der Waals surface area (Å²) in [7, 11) is 1.23. The van der Waals surface area contributed by atoms with E-state index in [2.05, 4.69) is 4.98 Å². The third-order valence-corrected chi connectivity index (χ3v) is 4.04. The summed E-state index contributed by atoms with van der Waals surface area (Å²) in [5.41, 5.74) is -0.888. The number of pyridine rings is 1. The zero-order valence-electron chi connectivity index (χ0n) is 13.2. The van der Waals surface area contributed by atoms with Crippen LogP contribution in [-0.4, -0.2) is 23.8 Å². The standard InChI is InChI=1S/C18H18N2O3/c1-3-16(21)18(9-10-19,17(22)23-2)12-15-14-7-5-4-6-13(14)8-11-20-15/h4-8,11H,3,9,12H2,1-2H3. The summed E-state index contributed by atoms with van der Waals surface area (Å²) in [6, 6.07) is 11.4. The molecule has 1 unspecified atom stereocenters. The van der Waals surface area contributed by atoms with Gasteiger partial charge in [-0.2, -0.15) is 5.26 Å². The first-order valence-corrected chi connectivity index (χ1v) is 7.40. The Kier molecular flexibility index (Phi) is 5.07. The van der Waals surface area contributed by atoms with Crippen molar-refractivity contribution in [2.75, 3.05) is 7.11 Å². The lowest BCUT2D eigenvalue weighted by atomic mass is 9.75. The smallest absolute Gasteiger partial charge is 0.320 e. The Bertz CT molecular complexity index is 756. The first-order valence-electron chi connectivity index (χ1n) is 7.40. The highest BCUT2D eigenvalue weighted by Crippen LogP contribution is 2.33. The number of hydrogen-bond acceptors (Lipinski definition) is 5. The van der Waals surface area contributed by atoms with Crippen molar-refractivity contribution in [1.29, 1.82) is 5.26 Å². The fourth-order valence-corrected chi connectivity index (χ4v) is 2.80. The second kappa shape index (κ2) is 7.01. The number of fused-ring (bicyclic) bond motifs is 1. The molecule has 2 aromatic rings. The van der Waals surface area contributed by atoms with Crippen LogP contribution in [0.25, 0.3) is 10.8 Å².